The Morgan fingerprint density at radius 2 is 2.21 bits per heavy atom. The summed E-state index contributed by atoms with van der Waals surface area (Å²) in [5.74, 6) is 2.28. The highest BCUT2D eigenvalue weighted by Crippen LogP contribution is 2.57. The first kappa shape index (κ1) is 14.9. The molecule has 128 valence electrons. The van der Waals surface area contributed by atoms with Gasteiger partial charge in [-0.2, -0.15) is 0 Å². The molecule has 3 heteroatoms. The highest BCUT2D eigenvalue weighted by molar-refractivity contribution is 5.83. The van der Waals surface area contributed by atoms with E-state index < -0.39 is 0 Å². The summed E-state index contributed by atoms with van der Waals surface area (Å²) >= 11 is 0. The van der Waals surface area contributed by atoms with Gasteiger partial charge < -0.3 is 4.42 Å². The molecule has 0 N–H and O–H groups in total. The first-order valence-electron chi connectivity index (χ1n) is 9.45. The van der Waals surface area contributed by atoms with Gasteiger partial charge in [0.15, 0.2) is 0 Å². The molecular weight excluding hydrogens is 301 g/mol. The van der Waals surface area contributed by atoms with Crippen molar-refractivity contribution in [1.29, 1.82) is 0 Å². The van der Waals surface area contributed by atoms with Crippen molar-refractivity contribution in [2.24, 2.45) is 11.3 Å². The van der Waals surface area contributed by atoms with Crippen molar-refractivity contribution in [2.75, 3.05) is 13.1 Å². The van der Waals surface area contributed by atoms with Gasteiger partial charge in [-0.05, 0) is 55.6 Å². The van der Waals surface area contributed by atoms with E-state index in [1.54, 1.807) is 6.07 Å². The van der Waals surface area contributed by atoms with E-state index in [9.17, 15) is 4.39 Å². The number of hydrogen-bond acceptors (Lipinski definition) is 2. The van der Waals surface area contributed by atoms with Crippen molar-refractivity contribution in [3.8, 4) is 0 Å². The van der Waals surface area contributed by atoms with Crippen LogP contribution in [-0.4, -0.2) is 24.0 Å². The van der Waals surface area contributed by atoms with Crippen molar-refractivity contribution >= 4 is 11.0 Å². The van der Waals surface area contributed by atoms with Crippen molar-refractivity contribution in [1.82, 2.24) is 4.90 Å². The quantitative estimate of drug-likeness (QED) is 0.730. The van der Waals surface area contributed by atoms with Crippen LogP contribution in [0.15, 0.2) is 16.5 Å². The molecule has 3 aliphatic heterocycles. The third kappa shape index (κ3) is 1.85. The molecule has 6 rings (SSSR count). The van der Waals surface area contributed by atoms with Crippen molar-refractivity contribution in [3.63, 3.8) is 0 Å². The lowest BCUT2D eigenvalue weighted by Crippen LogP contribution is -2.60. The van der Waals surface area contributed by atoms with E-state index in [0.717, 1.165) is 35.4 Å². The van der Waals surface area contributed by atoms with Crippen molar-refractivity contribution in [3.05, 3.63) is 34.8 Å². The first-order chi connectivity index (χ1) is 11.5. The fourth-order valence-electron chi connectivity index (χ4n) is 6.06. The molecule has 3 fully saturated rings. The number of aryl methyl sites for hydroxylation is 1. The van der Waals surface area contributed by atoms with Crippen molar-refractivity contribution < 1.29 is 8.81 Å². The van der Waals surface area contributed by atoms with Crippen LogP contribution in [0, 0.1) is 24.1 Å². The van der Waals surface area contributed by atoms with E-state index in [1.165, 1.54) is 37.1 Å². The summed E-state index contributed by atoms with van der Waals surface area (Å²) in [4.78, 5) is 2.74. The highest BCUT2D eigenvalue weighted by Gasteiger charge is 2.54. The predicted molar refractivity (Wildman–Crippen MR) is 93.8 cm³/mol. The molecule has 1 aliphatic carbocycles. The summed E-state index contributed by atoms with van der Waals surface area (Å²) in [7, 11) is 0. The molecule has 1 aromatic carbocycles. The van der Waals surface area contributed by atoms with Crippen LogP contribution in [0.1, 0.15) is 55.9 Å². The molecule has 2 saturated heterocycles. The van der Waals surface area contributed by atoms with Gasteiger partial charge in [0, 0.05) is 42.1 Å². The maximum atomic E-state index is 14.0. The van der Waals surface area contributed by atoms with Gasteiger partial charge in [0.1, 0.15) is 17.2 Å². The molecule has 24 heavy (non-hydrogen) atoms. The maximum Gasteiger partial charge on any atom is 0.137 e. The maximum absolute atomic E-state index is 14.0. The Morgan fingerprint density at radius 1 is 1.38 bits per heavy atom. The van der Waals surface area contributed by atoms with Crippen LogP contribution in [-0.2, 0) is 6.42 Å². The minimum absolute atomic E-state index is 0.156. The van der Waals surface area contributed by atoms with E-state index in [-0.39, 0.29) is 5.82 Å². The summed E-state index contributed by atoms with van der Waals surface area (Å²) in [6.07, 6.45) is 4.85. The molecule has 1 aromatic heterocycles. The van der Waals surface area contributed by atoms with Crippen LogP contribution in [0.4, 0.5) is 4.39 Å². The fourth-order valence-corrected chi connectivity index (χ4v) is 6.06. The lowest BCUT2D eigenvalue weighted by atomic mass is 9.58. The van der Waals surface area contributed by atoms with E-state index in [0.29, 0.717) is 17.4 Å². The summed E-state index contributed by atoms with van der Waals surface area (Å²) in [5.41, 5.74) is 3.20. The normalized spacial score (nSPS) is 37.5. The SMILES string of the molecule is CCC1(C)CC2CC3c4oc5cc(F)c(C)cc5c4CCN(C2)C31. The topological polar surface area (TPSA) is 16.4 Å². The standard InChI is InChI=1S/C21H26FNO/c1-4-21(3)10-13-8-16-19-14(5-6-23(11-13)20(16)21)15-7-12(2)17(22)9-18(15)24-19/h7,9,13,16,20H,4-6,8,10-11H2,1-3H3. The van der Waals surface area contributed by atoms with Gasteiger partial charge in [0.05, 0.1) is 0 Å². The Labute approximate surface area is 143 Å². The number of halogens is 1. The Balaban J connectivity index is 1.71. The molecule has 0 amide bonds. The van der Waals surface area contributed by atoms with E-state index in [1.807, 2.05) is 13.0 Å². The van der Waals surface area contributed by atoms with E-state index in [4.69, 9.17) is 4.42 Å². The monoisotopic (exact) mass is 327 g/mol. The first-order valence-corrected chi connectivity index (χ1v) is 9.45. The van der Waals surface area contributed by atoms with Crippen LogP contribution in [0.25, 0.3) is 11.0 Å². The molecule has 0 spiro atoms. The Morgan fingerprint density at radius 3 is 3.00 bits per heavy atom. The van der Waals surface area contributed by atoms with Crippen LogP contribution < -0.4 is 0 Å². The molecule has 4 aliphatic rings. The molecule has 2 nitrogen and oxygen atoms in total. The van der Waals surface area contributed by atoms with Crippen LogP contribution in [0.5, 0.6) is 0 Å². The number of rotatable bonds is 1. The summed E-state index contributed by atoms with van der Waals surface area (Å²) in [5, 5.41) is 1.15. The number of hydrogen-bond donors (Lipinski definition) is 0. The van der Waals surface area contributed by atoms with Gasteiger partial charge in [-0.1, -0.05) is 13.8 Å². The Bertz CT molecular complexity index is 825. The van der Waals surface area contributed by atoms with E-state index in [2.05, 4.69) is 18.7 Å². The Kier molecular flexibility index (Phi) is 3.02. The van der Waals surface area contributed by atoms with Crippen molar-refractivity contribution in [2.45, 2.75) is 58.4 Å². The summed E-state index contributed by atoms with van der Waals surface area (Å²) in [6, 6.07) is 4.17. The predicted octanol–water partition coefficient (Wildman–Crippen LogP) is 5.03. The van der Waals surface area contributed by atoms with Gasteiger partial charge in [-0.25, -0.2) is 4.39 Å². The van der Waals surface area contributed by atoms with Gasteiger partial charge in [0.25, 0.3) is 0 Å². The number of benzene rings is 1. The van der Waals surface area contributed by atoms with Crippen LogP contribution in [0.3, 0.4) is 0 Å². The molecule has 2 aromatic rings. The van der Waals surface area contributed by atoms with Gasteiger partial charge in [-0.3, -0.25) is 4.90 Å². The van der Waals surface area contributed by atoms with Gasteiger partial charge >= 0.3 is 0 Å². The zero-order chi connectivity index (χ0) is 16.6. The van der Waals surface area contributed by atoms with Gasteiger partial charge in [0.2, 0.25) is 0 Å². The van der Waals surface area contributed by atoms with Gasteiger partial charge in [-0.15, -0.1) is 0 Å². The molecule has 5 unspecified atom stereocenters. The average Bonchev–Trinajstić information content (AvgIpc) is 2.85. The van der Waals surface area contributed by atoms with Crippen LogP contribution in [0.2, 0.25) is 0 Å². The minimum Gasteiger partial charge on any atom is -0.460 e. The highest BCUT2D eigenvalue weighted by atomic mass is 19.1. The molecule has 4 heterocycles. The number of nitrogens with zero attached hydrogens (tertiary/aromatic N) is 1. The number of fused-ring (bicyclic) bond motifs is 4. The average molecular weight is 327 g/mol. The minimum atomic E-state index is -0.156. The zero-order valence-electron chi connectivity index (χ0n) is 14.9. The second-order valence-corrected chi connectivity index (χ2v) is 8.65. The lowest BCUT2D eigenvalue weighted by molar-refractivity contribution is -0.0706. The fraction of sp³-hybridized carbons (Fsp3) is 0.619. The lowest BCUT2D eigenvalue weighted by Gasteiger charge is -2.58. The zero-order valence-corrected chi connectivity index (χ0v) is 14.9. The number of piperidine rings is 2. The molecule has 5 atom stereocenters. The van der Waals surface area contributed by atoms with Crippen LogP contribution >= 0.6 is 0 Å². The summed E-state index contributed by atoms with van der Waals surface area (Å²) in [6.45, 7) is 9.04. The molecule has 0 radical (unpaired) electrons. The Hall–Kier alpha value is -1.35. The smallest absolute Gasteiger partial charge is 0.137 e. The largest absolute Gasteiger partial charge is 0.460 e. The molecule has 4 bridgehead atoms. The number of furan rings is 1. The molecular formula is C21H26FNO. The molecule has 1 saturated carbocycles. The summed E-state index contributed by atoms with van der Waals surface area (Å²) < 4.78 is 20.3. The second kappa shape index (κ2) is 4.85. The second-order valence-electron chi connectivity index (χ2n) is 8.65. The van der Waals surface area contributed by atoms with E-state index >= 15 is 0 Å². The third-order valence-electron chi connectivity index (χ3n) is 7.22. The third-order valence-corrected chi connectivity index (χ3v) is 7.22.